The first-order chi connectivity index (χ1) is 9.36. The fourth-order valence-corrected chi connectivity index (χ4v) is 2.65. The van der Waals surface area contributed by atoms with Crippen LogP contribution in [0.3, 0.4) is 0 Å². The number of hydrogen-bond donors (Lipinski definition) is 1. The first kappa shape index (κ1) is 14.7. The second-order valence-electron chi connectivity index (χ2n) is 5.03. The molecular weight excluding hydrogens is 271 g/mol. The average Bonchev–Trinajstić information content (AvgIpc) is 2.38. The molecule has 0 aliphatic heterocycles. The minimum absolute atomic E-state index is 0.0741. The highest BCUT2D eigenvalue weighted by Crippen LogP contribution is 2.37. The lowest BCUT2D eigenvalue weighted by molar-refractivity contribution is -0.137. The maximum absolute atomic E-state index is 12.7. The summed E-state index contributed by atoms with van der Waals surface area (Å²) in [4.78, 5) is 10.6. The van der Waals surface area contributed by atoms with Crippen molar-refractivity contribution in [3.8, 4) is 0 Å². The molecule has 2 N–H and O–H groups in total. The van der Waals surface area contributed by atoms with Crippen LogP contribution in [-0.2, 0) is 10.9 Å². The number of rotatable bonds is 2. The van der Waals surface area contributed by atoms with Gasteiger partial charge in [-0.05, 0) is 43.2 Å². The van der Waals surface area contributed by atoms with E-state index in [2.05, 4.69) is 0 Å². The fraction of sp³-hybridized carbons (Fsp3) is 0.500. The molecule has 1 aromatic rings. The highest BCUT2D eigenvalue weighted by atomic mass is 19.4. The minimum Gasteiger partial charge on any atom is -0.446 e. The number of carbonyl (C=O) groups is 1. The van der Waals surface area contributed by atoms with Crippen LogP contribution in [0, 0.1) is 0 Å². The van der Waals surface area contributed by atoms with E-state index in [0.717, 1.165) is 6.07 Å². The van der Waals surface area contributed by atoms with Crippen LogP contribution in [-0.4, -0.2) is 12.2 Å². The number of hydrogen-bond acceptors (Lipinski definition) is 2. The van der Waals surface area contributed by atoms with Crippen LogP contribution < -0.4 is 5.73 Å². The Morgan fingerprint density at radius 1 is 1.20 bits per heavy atom. The van der Waals surface area contributed by atoms with E-state index >= 15 is 0 Å². The number of ether oxygens (including phenoxy) is 1. The summed E-state index contributed by atoms with van der Waals surface area (Å²) in [5, 5.41) is 0. The average molecular weight is 287 g/mol. The molecule has 6 heteroatoms. The highest BCUT2D eigenvalue weighted by molar-refractivity contribution is 5.64. The topological polar surface area (TPSA) is 52.3 Å². The minimum atomic E-state index is -4.32. The predicted octanol–water partition coefficient (Wildman–Crippen LogP) is 3.83. The van der Waals surface area contributed by atoms with Gasteiger partial charge in [-0.15, -0.1) is 0 Å². The van der Waals surface area contributed by atoms with Gasteiger partial charge in [0.1, 0.15) is 6.10 Å². The van der Waals surface area contributed by atoms with Gasteiger partial charge in [0.2, 0.25) is 0 Å². The molecule has 0 unspecified atom stereocenters. The maximum atomic E-state index is 12.7. The Bertz CT molecular complexity index is 480. The van der Waals surface area contributed by atoms with Crippen LogP contribution >= 0.6 is 0 Å². The van der Waals surface area contributed by atoms with Crippen molar-refractivity contribution >= 4 is 6.09 Å². The molecule has 0 heterocycles. The Hall–Kier alpha value is -1.72. The van der Waals surface area contributed by atoms with E-state index in [1.165, 1.54) is 12.1 Å². The second kappa shape index (κ2) is 5.73. The zero-order chi connectivity index (χ0) is 14.8. The predicted molar refractivity (Wildman–Crippen MR) is 67.1 cm³/mol. The molecule has 110 valence electrons. The van der Waals surface area contributed by atoms with E-state index in [1.807, 2.05) is 0 Å². The summed E-state index contributed by atoms with van der Waals surface area (Å²) in [6.07, 6.45) is -2.68. The molecule has 1 fully saturated rings. The van der Waals surface area contributed by atoms with Crippen molar-refractivity contribution in [1.82, 2.24) is 0 Å². The van der Waals surface area contributed by atoms with Gasteiger partial charge in [-0.2, -0.15) is 13.2 Å². The van der Waals surface area contributed by atoms with Crippen molar-refractivity contribution in [2.75, 3.05) is 0 Å². The Kier molecular flexibility index (Phi) is 4.20. The first-order valence-corrected chi connectivity index (χ1v) is 6.49. The number of halogens is 3. The zero-order valence-electron chi connectivity index (χ0n) is 10.8. The van der Waals surface area contributed by atoms with Crippen molar-refractivity contribution in [2.24, 2.45) is 5.73 Å². The monoisotopic (exact) mass is 287 g/mol. The van der Waals surface area contributed by atoms with Gasteiger partial charge < -0.3 is 10.5 Å². The fourth-order valence-electron chi connectivity index (χ4n) is 2.65. The van der Waals surface area contributed by atoms with E-state index in [4.69, 9.17) is 10.5 Å². The molecule has 0 spiro atoms. The van der Waals surface area contributed by atoms with Gasteiger partial charge in [-0.3, -0.25) is 0 Å². The van der Waals surface area contributed by atoms with Crippen LogP contribution in [0.1, 0.15) is 42.7 Å². The Morgan fingerprint density at radius 2 is 1.85 bits per heavy atom. The van der Waals surface area contributed by atoms with E-state index in [0.29, 0.717) is 31.2 Å². The van der Waals surface area contributed by atoms with Gasteiger partial charge in [0.05, 0.1) is 5.56 Å². The summed E-state index contributed by atoms with van der Waals surface area (Å²) < 4.78 is 42.9. The quantitative estimate of drug-likeness (QED) is 0.898. The molecule has 1 saturated carbocycles. The van der Waals surface area contributed by atoms with E-state index in [9.17, 15) is 18.0 Å². The van der Waals surface area contributed by atoms with Crippen LogP contribution in [0.2, 0.25) is 0 Å². The molecule has 2 rings (SSSR count). The molecular formula is C14H16F3NO2. The molecule has 0 radical (unpaired) electrons. The number of alkyl halides is 3. The third kappa shape index (κ3) is 3.65. The van der Waals surface area contributed by atoms with Crippen molar-refractivity contribution in [3.63, 3.8) is 0 Å². The third-order valence-corrected chi connectivity index (χ3v) is 3.64. The number of carbonyl (C=O) groups excluding carboxylic acids is 1. The SMILES string of the molecule is NC(=O)OC1CCC(c2cccc(C(F)(F)F)c2)CC1. The van der Waals surface area contributed by atoms with E-state index in [-0.39, 0.29) is 12.0 Å². The Labute approximate surface area is 114 Å². The lowest BCUT2D eigenvalue weighted by Crippen LogP contribution is -2.26. The van der Waals surface area contributed by atoms with Crippen molar-refractivity contribution in [3.05, 3.63) is 35.4 Å². The third-order valence-electron chi connectivity index (χ3n) is 3.64. The number of amides is 1. The van der Waals surface area contributed by atoms with Gasteiger partial charge in [-0.1, -0.05) is 18.2 Å². The summed E-state index contributed by atoms with van der Waals surface area (Å²) in [6.45, 7) is 0. The van der Waals surface area contributed by atoms with Crippen molar-refractivity contribution < 1.29 is 22.7 Å². The second-order valence-corrected chi connectivity index (χ2v) is 5.03. The number of primary amides is 1. The molecule has 1 aromatic carbocycles. The molecule has 3 nitrogen and oxygen atoms in total. The molecule has 1 aliphatic carbocycles. The van der Waals surface area contributed by atoms with Crippen molar-refractivity contribution in [2.45, 2.75) is 43.9 Å². The molecule has 0 bridgehead atoms. The van der Waals surface area contributed by atoms with E-state index in [1.54, 1.807) is 6.07 Å². The van der Waals surface area contributed by atoms with E-state index < -0.39 is 17.8 Å². The van der Waals surface area contributed by atoms with Crippen molar-refractivity contribution in [1.29, 1.82) is 0 Å². The Morgan fingerprint density at radius 3 is 2.40 bits per heavy atom. The van der Waals surface area contributed by atoms with Gasteiger partial charge in [0.25, 0.3) is 0 Å². The molecule has 1 aliphatic rings. The van der Waals surface area contributed by atoms with Crippen LogP contribution in [0.25, 0.3) is 0 Å². The van der Waals surface area contributed by atoms with Gasteiger partial charge >= 0.3 is 12.3 Å². The molecule has 0 aromatic heterocycles. The van der Waals surface area contributed by atoms with Crippen LogP contribution in [0.5, 0.6) is 0 Å². The first-order valence-electron chi connectivity index (χ1n) is 6.49. The number of benzene rings is 1. The molecule has 0 atom stereocenters. The highest BCUT2D eigenvalue weighted by Gasteiger charge is 2.31. The van der Waals surface area contributed by atoms with Crippen LogP contribution in [0.4, 0.5) is 18.0 Å². The summed E-state index contributed by atoms with van der Waals surface area (Å²) in [5.74, 6) is 0.0741. The molecule has 0 saturated heterocycles. The Balaban J connectivity index is 2.02. The summed E-state index contributed by atoms with van der Waals surface area (Å²) in [5.41, 5.74) is 5.02. The smallest absolute Gasteiger partial charge is 0.416 e. The van der Waals surface area contributed by atoms with Gasteiger partial charge in [-0.25, -0.2) is 4.79 Å². The standard InChI is InChI=1S/C14H16F3NO2/c15-14(16,17)11-3-1-2-10(8-11)9-4-6-12(7-5-9)20-13(18)19/h1-3,8-9,12H,4-7H2,(H2,18,19). The zero-order valence-corrected chi connectivity index (χ0v) is 10.8. The van der Waals surface area contributed by atoms with Crippen LogP contribution in [0.15, 0.2) is 24.3 Å². The normalized spacial score (nSPS) is 23.4. The maximum Gasteiger partial charge on any atom is 0.416 e. The summed E-state index contributed by atoms with van der Waals surface area (Å²) >= 11 is 0. The largest absolute Gasteiger partial charge is 0.446 e. The summed E-state index contributed by atoms with van der Waals surface area (Å²) in [6, 6.07) is 5.44. The molecule has 1 amide bonds. The number of nitrogens with two attached hydrogens (primary N) is 1. The lowest BCUT2D eigenvalue weighted by atomic mass is 9.82. The molecule has 20 heavy (non-hydrogen) atoms. The lowest BCUT2D eigenvalue weighted by Gasteiger charge is -2.28. The summed E-state index contributed by atoms with van der Waals surface area (Å²) in [7, 11) is 0. The van der Waals surface area contributed by atoms with Gasteiger partial charge in [0.15, 0.2) is 0 Å². The van der Waals surface area contributed by atoms with Gasteiger partial charge in [0, 0.05) is 0 Å².